The van der Waals surface area contributed by atoms with E-state index in [0.29, 0.717) is 23.7 Å². The van der Waals surface area contributed by atoms with E-state index >= 15 is 0 Å². The van der Waals surface area contributed by atoms with E-state index in [1.165, 1.54) is 30.2 Å². The van der Waals surface area contributed by atoms with Crippen LogP contribution in [-0.4, -0.2) is 18.5 Å². The van der Waals surface area contributed by atoms with Crippen molar-refractivity contribution in [3.05, 3.63) is 53.8 Å². The second-order valence-corrected chi connectivity index (χ2v) is 8.35. The van der Waals surface area contributed by atoms with Crippen molar-refractivity contribution in [2.24, 2.45) is 5.92 Å². The average molecular weight is 373 g/mol. The monoisotopic (exact) mass is 372 g/mol. The zero-order chi connectivity index (χ0) is 18.1. The molecule has 0 saturated heterocycles. The zero-order valence-electron chi connectivity index (χ0n) is 15.3. The topological polar surface area (TPSA) is 18.5 Å². The standard InChI is InChI=1S/C22H25FO2S/c1-14(15-3-5-17(6-4-15)24-18-7-8-18)11-16-12-22(16)25-21-10-9-19(26-2)13-20(21)23/h3-6,9-10,13-14,16,18,22H,7-8,11-12H2,1-2H3. The van der Waals surface area contributed by atoms with E-state index in [0.717, 1.165) is 23.5 Å². The SMILES string of the molecule is CSc1ccc(OC2CC2CC(C)c2ccc(OC3CC3)cc2)c(F)c1. The molecular formula is C22H25FO2S. The Morgan fingerprint density at radius 1 is 1.12 bits per heavy atom. The summed E-state index contributed by atoms with van der Waals surface area (Å²) in [5.74, 6) is 2.06. The number of benzene rings is 2. The highest BCUT2D eigenvalue weighted by Crippen LogP contribution is 2.42. The number of hydrogen-bond acceptors (Lipinski definition) is 3. The Kier molecular flexibility index (Phi) is 5.12. The lowest BCUT2D eigenvalue weighted by molar-refractivity contribution is 0.265. The number of halogens is 1. The molecule has 2 saturated carbocycles. The van der Waals surface area contributed by atoms with Crippen LogP contribution in [0.5, 0.6) is 11.5 Å². The predicted octanol–water partition coefficient (Wildman–Crippen LogP) is 6.05. The fourth-order valence-corrected chi connectivity index (χ4v) is 3.75. The fourth-order valence-electron chi connectivity index (χ4n) is 3.32. The molecule has 0 heterocycles. The molecule has 2 aromatic rings. The smallest absolute Gasteiger partial charge is 0.166 e. The Hall–Kier alpha value is -1.68. The van der Waals surface area contributed by atoms with Crippen LogP contribution in [-0.2, 0) is 0 Å². The van der Waals surface area contributed by atoms with Crippen molar-refractivity contribution in [1.82, 2.24) is 0 Å². The van der Waals surface area contributed by atoms with Crippen molar-refractivity contribution >= 4 is 11.8 Å². The van der Waals surface area contributed by atoms with Crippen molar-refractivity contribution in [3.63, 3.8) is 0 Å². The summed E-state index contributed by atoms with van der Waals surface area (Å²) < 4.78 is 25.7. The van der Waals surface area contributed by atoms with Gasteiger partial charge in [0.1, 0.15) is 11.9 Å². The third-order valence-electron chi connectivity index (χ3n) is 5.21. The van der Waals surface area contributed by atoms with Crippen molar-refractivity contribution < 1.29 is 13.9 Å². The van der Waals surface area contributed by atoms with Gasteiger partial charge in [-0.15, -0.1) is 11.8 Å². The first-order chi connectivity index (χ1) is 12.6. The lowest BCUT2D eigenvalue weighted by Gasteiger charge is -2.13. The van der Waals surface area contributed by atoms with Crippen LogP contribution >= 0.6 is 11.8 Å². The normalized spacial score (nSPS) is 22.7. The molecule has 2 aromatic carbocycles. The molecular weight excluding hydrogens is 347 g/mol. The van der Waals surface area contributed by atoms with E-state index in [1.54, 1.807) is 12.1 Å². The largest absolute Gasteiger partial charge is 0.490 e. The number of thioether (sulfide) groups is 1. The lowest BCUT2D eigenvalue weighted by Crippen LogP contribution is -2.04. The van der Waals surface area contributed by atoms with Crippen LogP contribution in [0.1, 0.15) is 44.1 Å². The molecule has 3 atom stereocenters. The minimum atomic E-state index is -0.262. The summed E-state index contributed by atoms with van der Waals surface area (Å²) in [4.78, 5) is 0.921. The predicted molar refractivity (Wildman–Crippen MR) is 104 cm³/mol. The fraction of sp³-hybridized carbons (Fsp3) is 0.455. The Balaban J connectivity index is 1.28. The minimum absolute atomic E-state index is 0.143. The van der Waals surface area contributed by atoms with E-state index < -0.39 is 0 Å². The van der Waals surface area contributed by atoms with E-state index in [2.05, 4.69) is 31.2 Å². The van der Waals surface area contributed by atoms with E-state index in [-0.39, 0.29) is 11.9 Å². The molecule has 0 aliphatic heterocycles. The van der Waals surface area contributed by atoms with E-state index in [9.17, 15) is 4.39 Å². The van der Waals surface area contributed by atoms with Crippen LogP contribution in [0, 0.1) is 11.7 Å². The Bertz CT molecular complexity index is 757. The van der Waals surface area contributed by atoms with Crippen molar-refractivity contribution in [1.29, 1.82) is 0 Å². The van der Waals surface area contributed by atoms with Gasteiger partial charge in [0.15, 0.2) is 11.6 Å². The van der Waals surface area contributed by atoms with Crippen LogP contribution in [0.15, 0.2) is 47.4 Å². The van der Waals surface area contributed by atoms with Gasteiger partial charge in [-0.25, -0.2) is 4.39 Å². The molecule has 0 aromatic heterocycles. The van der Waals surface area contributed by atoms with Gasteiger partial charge in [0.2, 0.25) is 0 Å². The second-order valence-electron chi connectivity index (χ2n) is 7.47. The summed E-state index contributed by atoms with van der Waals surface area (Å²) in [6, 6.07) is 13.7. The maximum Gasteiger partial charge on any atom is 0.166 e. The molecule has 2 fully saturated rings. The molecule has 4 rings (SSSR count). The number of rotatable bonds is 8. The van der Waals surface area contributed by atoms with Crippen LogP contribution < -0.4 is 9.47 Å². The minimum Gasteiger partial charge on any atom is -0.490 e. The Morgan fingerprint density at radius 3 is 2.54 bits per heavy atom. The highest BCUT2D eigenvalue weighted by molar-refractivity contribution is 7.98. The first-order valence-electron chi connectivity index (χ1n) is 9.39. The van der Waals surface area contributed by atoms with Crippen molar-refractivity contribution in [2.75, 3.05) is 6.26 Å². The highest BCUT2D eigenvalue weighted by atomic mass is 32.2. The van der Waals surface area contributed by atoms with Gasteiger partial charge in [-0.05, 0) is 79.7 Å². The molecule has 0 bridgehead atoms. The number of hydrogen-bond donors (Lipinski definition) is 0. The lowest BCUT2D eigenvalue weighted by atomic mass is 9.95. The van der Waals surface area contributed by atoms with Gasteiger partial charge < -0.3 is 9.47 Å². The first kappa shape index (κ1) is 17.7. The maximum absolute atomic E-state index is 14.1. The Morgan fingerprint density at radius 2 is 1.88 bits per heavy atom. The highest BCUT2D eigenvalue weighted by Gasteiger charge is 2.40. The molecule has 0 amide bonds. The zero-order valence-corrected chi connectivity index (χ0v) is 16.1. The third-order valence-corrected chi connectivity index (χ3v) is 5.93. The first-order valence-corrected chi connectivity index (χ1v) is 10.6. The summed E-state index contributed by atoms with van der Waals surface area (Å²) in [7, 11) is 0. The summed E-state index contributed by atoms with van der Waals surface area (Å²) in [6.07, 6.45) is 6.97. The van der Waals surface area contributed by atoms with Crippen LogP contribution in [0.4, 0.5) is 4.39 Å². The van der Waals surface area contributed by atoms with Gasteiger partial charge >= 0.3 is 0 Å². The van der Waals surface area contributed by atoms with Crippen LogP contribution in [0.25, 0.3) is 0 Å². The molecule has 2 aliphatic rings. The van der Waals surface area contributed by atoms with Gasteiger partial charge in [0.25, 0.3) is 0 Å². The maximum atomic E-state index is 14.1. The van der Waals surface area contributed by atoms with E-state index in [1.807, 2.05) is 12.3 Å². The third kappa shape index (κ3) is 4.35. The van der Waals surface area contributed by atoms with Gasteiger partial charge in [0, 0.05) is 4.90 Å². The van der Waals surface area contributed by atoms with Gasteiger partial charge in [-0.3, -0.25) is 0 Å². The quantitative estimate of drug-likeness (QED) is 0.526. The molecule has 26 heavy (non-hydrogen) atoms. The molecule has 2 aliphatic carbocycles. The molecule has 3 unspecified atom stereocenters. The van der Waals surface area contributed by atoms with Crippen molar-refractivity contribution in [3.8, 4) is 11.5 Å². The van der Waals surface area contributed by atoms with Gasteiger partial charge in [0.05, 0.1) is 6.10 Å². The molecule has 0 spiro atoms. The van der Waals surface area contributed by atoms with Gasteiger partial charge in [-0.2, -0.15) is 0 Å². The molecule has 138 valence electrons. The van der Waals surface area contributed by atoms with E-state index in [4.69, 9.17) is 9.47 Å². The summed E-state index contributed by atoms with van der Waals surface area (Å²) >= 11 is 1.54. The molecule has 0 radical (unpaired) electrons. The van der Waals surface area contributed by atoms with Gasteiger partial charge in [-0.1, -0.05) is 19.1 Å². The van der Waals surface area contributed by atoms with Crippen molar-refractivity contribution in [2.45, 2.75) is 55.6 Å². The van der Waals surface area contributed by atoms with Crippen LogP contribution in [0.2, 0.25) is 0 Å². The Labute approximate surface area is 159 Å². The number of ether oxygens (including phenoxy) is 2. The van der Waals surface area contributed by atoms with Crippen LogP contribution in [0.3, 0.4) is 0 Å². The average Bonchev–Trinajstić information content (AvgIpc) is 3.56. The summed E-state index contributed by atoms with van der Waals surface area (Å²) in [5.41, 5.74) is 1.33. The second kappa shape index (κ2) is 7.51. The summed E-state index contributed by atoms with van der Waals surface area (Å²) in [6.45, 7) is 2.25. The molecule has 4 heteroatoms. The summed E-state index contributed by atoms with van der Waals surface area (Å²) in [5, 5.41) is 0. The molecule has 2 nitrogen and oxygen atoms in total. The molecule has 0 N–H and O–H groups in total.